The van der Waals surface area contributed by atoms with Gasteiger partial charge in [-0.2, -0.15) is 4.39 Å². The van der Waals surface area contributed by atoms with Crippen LogP contribution in [-0.2, 0) is 0 Å². The average Bonchev–Trinajstić information content (AvgIpc) is 3.26. The van der Waals surface area contributed by atoms with Crippen molar-refractivity contribution in [2.75, 3.05) is 10.6 Å². The van der Waals surface area contributed by atoms with Crippen LogP contribution >= 0.6 is 0 Å². The molecule has 0 saturated heterocycles. The number of fused-ring (bicyclic) bond motifs is 1. The monoisotopic (exact) mass is 445 g/mol. The van der Waals surface area contributed by atoms with Crippen LogP contribution in [0, 0.1) is 12.9 Å². The molecule has 0 bridgehead atoms. The van der Waals surface area contributed by atoms with Gasteiger partial charge in [-0.1, -0.05) is 19.3 Å². The van der Waals surface area contributed by atoms with Gasteiger partial charge in [0.1, 0.15) is 23.6 Å². The van der Waals surface area contributed by atoms with Crippen molar-refractivity contribution in [2.45, 2.75) is 45.1 Å². The number of hydrogen-bond donors (Lipinski definition) is 3. The van der Waals surface area contributed by atoms with Crippen LogP contribution in [0.25, 0.3) is 11.0 Å². The molecule has 4 aromatic rings. The van der Waals surface area contributed by atoms with E-state index in [4.69, 9.17) is 0 Å². The molecule has 0 amide bonds. The summed E-state index contributed by atoms with van der Waals surface area (Å²) < 4.78 is 14.9. The van der Waals surface area contributed by atoms with Crippen LogP contribution in [0.2, 0.25) is 0 Å². The normalized spacial score (nSPS) is 14.4. The highest BCUT2D eigenvalue weighted by Gasteiger charge is 2.23. The Morgan fingerprint density at radius 3 is 2.67 bits per heavy atom. The molecule has 1 aliphatic rings. The van der Waals surface area contributed by atoms with Crippen molar-refractivity contribution in [2.24, 2.45) is 0 Å². The lowest BCUT2D eigenvalue weighted by atomic mass is 9.95. The van der Waals surface area contributed by atoms with Gasteiger partial charge in [-0.05, 0) is 44.0 Å². The van der Waals surface area contributed by atoms with Gasteiger partial charge in [0.05, 0.1) is 28.4 Å². The molecule has 0 spiro atoms. The summed E-state index contributed by atoms with van der Waals surface area (Å²) in [6.45, 7) is 1.88. The summed E-state index contributed by atoms with van der Waals surface area (Å²) in [7, 11) is 0. The fraction of sp³-hybridized carbons (Fsp3) is 0.292. The molecular weight excluding hydrogens is 421 g/mol. The molecule has 0 aromatic carbocycles. The number of aromatic amines is 1. The van der Waals surface area contributed by atoms with Crippen molar-refractivity contribution in [3.8, 4) is 0 Å². The second-order valence-corrected chi connectivity index (χ2v) is 8.30. The molecule has 3 N–H and O–H groups in total. The first-order chi connectivity index (χ1) is 16.1. The van der Waals surface area contributed by atoms with Crippen LogP contribution < -0.4 is 10.6 Å². The van der Waals surface area contributed by atoms with Crippen LogP contribution in [0.1, 0.15) is 53.7 Å². The minimum Gasteiger partial charge on any atom is -0.367 e. The summed E-state index contributed by atoms with van der Waals surface area (Å²) in [6.07, 6.45) is 10.3. The largest absolute Gasteiger partial charge is 0.367 e. The Bertz CT molecular complexity index is 1300. The van der Waals surface area contributed by atoms with E-state index in [2.05, 4.69) is 35.6 Å². The van der Waals surface area contributed by atoms with Gasteiger partial charge in [-0.3, -0.25) is 9.78 Å². The van der Waals surface area contributed by atoms with Crippen LogP contribution in [0.5, 0.6) is 0 Å². The van der Waals surface area contributed by atoms with Gasteiger partial charge in [0, 0.05) is 17.9 Å². The third-order valence-corrected chi connectivity index (χ3v) is 5.94. The highest BCUT2D eigenvalue weighted by Crippen LogP contribution is 2.29. The number of halogens is 1. The summed E-state index contributed by atoms with van der Waals surface area (Å²) in [5.74, 6) is -0.444. The lowest BCUT2D eigenvalue weighted by Gasteiger charge is -2.23. The third-order valence-electron chi connectivity index (χ3n) is 5.94. The average molecular weight is 446 g/mol. The molecule has 0 radical (unpaired) electrons. The molecule has 1 aliphatic carbocycles. The number of pyridine rings is 2. The van der Waals surface area contributed by atoms with E-state index >= 15 is 0 Å². The van der Waals surface area contributed by atoms with Crippen LogP contribution in [-0.4, -0.2) is 36.7 Å². The molecule has 5 rings (SSSR count). The maximum absolute atomic E-state index is 14.9. The van der Waals surface area contributed by atoms with Crippen LogP contribution in [0.15, 0.2) is 43.0 Å². The minimum atomic E-state index is -0.849. The Hall–Kier alpha value is -3.88. The fourth-order valence-electron chi connectivity index (χ4n) is 4.20. The van der Waals surface area contributed by atoms with E-state index in [1.54, 1.807) is 18.5 Å². The topological polar surface area (TPSA) is 108 Å². The Balaban J connectivity index is 1.43. The minimum absolute atomic E-state index is 0.115. The quantitative estimate of drug-likeness (QED) is 0.286. The first kappa shape index (κ1) is 21.0. The van der Waals surface area contributed by atoms with Gasteiger partial charge in [-0.15, -0.1) is 0 Å². The van der Waals surface area contributed by atoms with E-state index in [9.17, 15) is 9.18 Å². The molecule has 1 fully saturated rings. The van der Waals surface area contributed by atoms with E-state index in [0.717, 1.165) is 18.5 Å². The number of ketones is 1. The molecule has 9 heteroatoms. The third kappa shape index (κ3) is 4.39. The SMILES string of the molecule is Cc1ccc(Nc2ccc(C(=O)c3c[nH]c4ncnc(NC5CCCCC5)c34)c(F)n2)cn1. The number of hydrogen-bond acceptors (Lipinski definition) is 7. The predicted molar refractivity (Wildman–Crippen MR) is 124 cm³/mol. The summed E-state index contributed by atoms with van der Waals surface area (Å²) in [6, 6.07) is 6.98. The Morgan fingerprint density at radius 2 is 1.91 bits per heavy atom. The van der Waals surface area contributed by atoms with E-state index in [1.165, 1.54) is 31.7 Å². The smallest absolute Gasteiger partial charge is 0.226 e. The zero-order valence-corrected chi connectivity index (χ0v) is 18.2. The van der Waals surface area contributed by atoms with E-state index in [1.807, 2.05) is 19.1 Å². The maximum atomic E-state index is 14.9. The standard InChI is InChI=1S/C24H24FN7O/c1-14-7-8-16(11-26-14)30-19-10-9-17(22(25)32-19)21(33)18-12-27-23-20(18)24(29-13-28-23)31-15-5-3-2-4-6-15/h7-13,15H,2-6H2,1H3,(H,30,32)(H2,27,28,29,31). The number of carbonyl (C=O) groups excluding carboxylic acids is 1. The van der Waals surface area contributed by atoms with E-state index in [0.29, 0.717) is 34.1 Å². The van der Waals surface area contributed by atoms with Gasteiger partial charge < -0.3 is 15.6 Å². The zero-order chi connectivity index (χ0) is 22.8. The lowest BCUT2D eigenvalue weighted by Crippen LogP contribution is -2.23. The highest BCUT2D eigenvalue weighted by atomic mass is 19.1. The van der Waals surface area contributed by atoms with Gasteiger partial charge in [-0.25, -0.2) is 15.0 Å². The Morgan fingerprint density at radius 1 is 1.06 bits per heavy atom. The number of nitrogens with zero attached hydrogens (tertiary/aromatic N) is 4. The Labute approximate surface area is 190 Å². The number of nitrogens with one attached hydrogen (secondary N) is 3. The fourth-order valence-corrected chi connectivity index (χ4v) is 4.20. The first-order valence-electron chi connectivity index (χ1n) is 11.1. The summed E-state index contributed by atoms with van der Waals surface area (Å²) in [5, 5.41) is 7.03. The number of anilines is 3. The Kier molecular flexibility index (Phi) is 5.68. The van der Waals surface area contributed by atoms with Crippen molar-refractivity contribution in [1.82, 2.24) is 24.9 Å². The zero-order valence-electron chi connectivity index (χ0n) is 18.2. The van der Waals surface area contributed by atoms with Crippen LogP contribution in [0.3, 0.4) is 0 Å². The highest BCUT2D eigenvalue weighted by molar-refractivity contribution is 6.18. The van der Waals surface area contributed by atoms with Crippen molar-refractivity contribution in [3.63, 3.8) is 0 Å². The number of rotatable bonds is 6. The molecule has 0 unspecified atom stereocenters. The number of carbonyl (C=O) groups is 1. The summed E-state index contributed by atoms with van der Waals surface area (Å²) >= 11 is 0. The summed E-state index contributed by atoms with van der Waals surface area (Å²) in [4.78, 5) is 33.0. The van der Waals surface area contributed by atoms with Crippen molar-refractivity contribution in [3.05, 3.63) is 65.8 Å². The van der Waals surface area contributed by atoms with Crippen molar-refractivity contribution < 1.29 is 9.18 Å². The number of H-pyrrole nitrogens is 1. The predicted octanol–water partition coefficient (Wildman–Crippen LogP) is 4.91. The molecule has 4 aromatic heterocycles. The summed E-state index contributed by atoms with van der Waals surface area (Å²) in [5.41, 5.74) is 2.29. The second-order valence-electron chi connectivity index (χ2n) is 8.30. The maximum Gasteiger partial charge on any atom is 0.226 e. The molecule has 168 valence electrons. The van der Waals surface area contributed by atoms with Crippen molar-refractivity contribution >= 4 is 34.1 Å². The lowest BCUT2D eigenvalue weighted by molar-refractivity contribution is 0.103. The molecule has 8 nitrogen and oxygen atoms in total. The molecule has 33 heavy (non-hydrogen) atoms. The number of aryl methyl sites for hydroxylation is 1. The molecule has 0 aliphatic heterocycles. The number of aromatic nitrogens is 5. The van der Waals surface area contributed by atoms with Gasteiger partial charge in [0.2, 0.25) is 5.95 Å². The van der Waals surface area contributed by atoms with Crippen molar-refractivity contribution in [1.29, 1.82) is 0 Å². The van der Waals surface area contributed by atoms with E-state index in [-0.39, 0.29) is 11.4 Å². The van der Waals surface area contributed by atoms with Gasteiger partial charge in [0.15, 0.2) is 5.78 Å². The van der Waals surface area contributed by atoms with Crippen LogP contribution in [0.4, 0.5) is 21.7 Å². The van der Waals surface area contributed by atoms with Gasteiger partial charge in [0.25, 0.3) is 0 Å². The molecule has 0 atom stereocenters. The van der Waals surface area contributed by atoms with Gasteiger partial charge >= 0.3 is 0 Å². The molecular formula is C24H24FN7O. The first-order valence-corrected chi connectivity index (χ1v) is 11.1. The van der Waals surface area contributed by atoms with E-state index < -0.39 is 11.7 Å². The molecule has 4 heterocycles. The molecule has 1 saturated carbocycles. The second kappa shape index (κ2) is 8.93.